The first-order valence-electron chi connectivity index (χ1n) is 9.19. The largest absolute Gasteiger partial charge is 0.296 e. The number of hydrogen-bond acceptors (Lipinski definition) is 6. The van der Waals surface area contributed by atoms with Crippen LogP contribution < -0.4 is 10.0 Å². The van der Waals surface area contributed by atoms with E-state index in [-0.39, 0.29) is 9.47 Å². The molecule has 0 bridgehead atoms. The second-order valence-corrected chi connectivity index (χ2v) is 10.1. The molecule has 2 N–H and O–H groups in total. The monoisotopic (exact) mass is 464 g/mol. The second-order valence-electron chi connectivity index (χ2n) is 6.78. The Morgan fingerprint density at radius 2 is 1.83 bits per heavy atom. The lowest BCUT2D eigenvalue weighted by atomic mass is 9.98. The molecule has 30 heavy (non-hydrogen) atoms. The predicted molar refractivity (Wildman–Crippen MR) is 119 cm³/mol. The summed E-state index contributed by atoms with van der Waals surface area (Å²) < 4.78 is 28.1. The van der Waals surface area contributed by atoms with E-state index in [0.29, 0.717) is 17.0 Å². The number of halogens is 1. The third-order valence-electron chi connectivity index (χ3n) is 4.47. The van der Waals surface area contributed by atoms with Crippen LogP contribution in [0.25, 0.3) is 0 Å². The van der Waals surface area contributed by atoms with Gasteiger partial charge in [0, 0.05) is 16.6 Å². The number of sulfonamides is 1. The van der Waals surface area contributed by atoms with Crippen LogP contribution in [0.5, 0.6) is 0 Å². The summed E-state index contributed by atoms with van der Waals surface area (Å²) in [5, 5.41) is 10.7. The van der Waals surface area contributed by atoms with Crippen LogP contribution in [0.4, 0.5) is 5.13 Å². The van der Waals surface area contributed by atoms with Crippen molar-refractivity contribution in [2.75, 3.05) is 5.32 Å². The molecule has 10 heteroatoms. The SMILES string of the molecule is CC[C@H](NS(=O)(=O)c1nnc(NC(=O)c2ccc(Cl)cc2)s1)c1ccc(C)cc1C. The van der Waals surface area contributed by atoms with Gasteiger partial charge in [0.25, 0.3) is 15.9 Å². The summed E-state index contributed by atoms with van der Waals surface area (Å²) in [7, 11) is -3.91. The molecule has 3 rings (SSSR count). The van der Waals surface area contributed by atoms with Crippen LogP contribution in [-0.2, 0) is 10.0 Å². The Labute approximate surface area is 184 Å². The number of aryl methyl sites for hydroxylation is 2. The number of rotatable bonds is 7. The zero-order valence-electron chi connectivity index (χ0n) is 16.6. The Morgan fingerprint density at radius 1 is 1.13 bits per heavy atom. The molecule has 2 aromatic carbocycles. The molecule has 0 radical (unpaired) electrons. The fourth-order valence-corrected chi connectivity index (χ4v) is 5.30. The van der Waals surface area contributed by atoms with Gasteiger partial charge in [-0.25, -0.2) is 13.1 Å². The molecule has 0 fully saturated rings. The first-order valence-corrected chi connectivity index (χ1v) is 11.9. The van der Waals surface area contributed by atoms with Crippen LogP contribution in [0.3, 0.4) is 0 Å². The van der Waals surface area contributed by atoms with Crippen molar-refractivity contribution < 1.29 is 13.2 Å². The zero-order chi connectivity index (χ0) is 21.9. The van der Waals surface area contributed by atoms with Gasteiger partial charge in [0.1, 0.15) is 0 Å². The molecule has 3 aromatic rings. The van der Waals surface area contributed by atoms with Crippen LogP contribution in [0, 0.1) is 13.8 Å². The fourth-order valence-electron chi connectivity index (χ4n) is 2.96. The van der Waals surface area contributed by atoms with Gasteiger partial charge < -0.3 is 0 Å². The van der Waals surface area contributed by atoms with E-state index in [1.807, 2.05) is 39.0 Å². The molecule has 0 unspecified atom stereocenters. The van der Waals surface area contributed by atoms with E-state index in [9.17, 15) is 13.2 Å². The molecule has 0 aliphatic carbocycles. The maximum atomic E-state index is 12.8. The minimum Gasteiger partial charge on any atom is -0.296 e. The van der Waals surface area contributed by atoms with Gasteiger partial charge in [-0.1, -0.05) is 53.6 Å². The van der Waals surface area contributed by atoms with Gasteiger partial charge in [0.15, 0.2) is 0 Å². The van der Waals surface area contributed by atoms with Gasteiger partial charge in [-0.3, -0.25) is 10.1 Å². The highest BCUT2D eigenvalue weighted by atomic mass is 35.5. The normalized spacial score (nSPS) is 12.5. The fraction of sp³-hybridized carbons (Fsp3) is 0.250. The van der Waals surface area contributed by atoms with E-state index < -0.39 is 22.0 Å². The number of carbonyl (C=O) groups excluding carboxylic acids is 1. The summed E-state index contributed by atoms with van der Waals surface area (Å²) in [4.78, 5) is 12.3. The Kier molecular flexibility index (Phi) is 6.87. The summed E-state index contributed by atoms with van der Waals surface area (Å²) in [5.74, 6) is -0.429. The Morgan fingerprint density at radius 3 is 2.47 bits per heavy atom. The van der Waals surface area contributed by atoms with Crippen molar-refractivity contribution in [2.24, 2.45) is 0 Å². The maximum Gasteiger partial charge on any atom is 0.270 e. The molecular formula is C20H21ClN4O3S2. The lowest BCUT2D eigenvalue weighted by Crippen LogP contribution is -2.28. The number of aromatic nitrogens is 2. The lowest BCUT2D eigenvalue weighted by molar-refractivity contribution is 0.102. The summed E-state index contributed by atoms with van der Waals surface area (Å²) in [6.07, 6.45) is 0.572. The van der Waals surface area contributed by atoms with E-state index in [0.717, 1.165) is 28.0 Å². The van der Waals surface area contributed by atoms with Crippen LogP contribution in [-0.4, -0.2) is 24.5 Å². The smallest absolute Gasteiger partial charge is 0.270 e. The molecular weight excluding hydrogens is 444 g/mol. The van der Waals surface area contributed by atoms with Crippen molar-refractivity contribution in [1.29, 1.82) is 0 Å². The number of amides is 1. The van der Waals surface area contributed by atoms with Crippen LogP contribution in [0.1, 0.15) is 46.4 Å². The molecule has 1 heterocycles. The molecule has 1 atom stereocenters. The zero-order valence-corrected chi connectivity index (χ0v) is 19.0. The number of carbonyl (C=O) groups is 1. The van der Waals surface area contributed by atoms with Gasteiger partial charge in [-0.15, -0.1) is 10.2 Å². The molecule has 0 saturated heterocycles. The van der Waals surface area contributed by atoms with Crippen molar-refractivity contribution in [1.82, 2.24) is 14.9 Å². The topological polar surface area (TPSA) is 101 Å². The van der Waals surface area contributed by atoms with Crippen LogP contribution >= 0.6 is 22.9 Å². The Bertz CT molecular complexity index is 1160. The molecule has 1 amide bonds. The lowest BCUT2D eigenvalue weighted by Gasteiger charge is -2.19. The first kappa shape index (κ1) is 22.4. The Balaban J connectivity index is 1.75. The number of anilines is 1. The molecule has 7 nitrogen and oxygen atoms in total. The van der Waals surface area contributed by atoms with E-state index in [1.165, 1.54) is 0 Å². The molecule has 0 aliphatic rings. The van der Waals surface area contributed by atoms with Gasteiger partial charge in [0.2, 0.25) is 9.47 Å². The van der Waals surface area contributed by atoms with Crippen LogP contribution in [0.15, 0.2) is 46.8 Å². The number of benzene rings is 2. The Hall–Kier alpha value is -2.33. The average molecular weight is 465 g/mol. The van der Waals surface area contributed by atoms with E-state index in [1.54, 1.807) is 24.3 Å². The van der Waals surface area contributed by atoms with Crippen LogP contribution in [0.2, 0.25) is 5.02 Å². The van der Waals surface area contributed by atoms with Crippen molar-refractivity contribution in [3.05, 3.63) is 69.7 Å². The van der Waals surface area contributed by atoms with Gasteiger partial charge >= 0.3 is 0 Å². The molecule has 1 aromatic heterocycles. The number of hydrogen-bond donors (Lipinski definition) is 2. The standard InChI is InChI=1S/C20H21ClN4O3S2/c1-4-17(16-10-5-12(2)11-13(16)3)25-30(27,28)20-24-23-19(29-20)22-18(26)14-6-8-15(21)9-7-14/h5-11,17,25H,4H2,1-3H3,(H,22,23,26)/t17-/m0/s1. The summed E-state index contributed by atoms with van der Waals surface area (Å²) in [6, 6.07) is 11.8. The highest BCUT2D eigenvalue weighted by molar-refractivity contribution is 7.91. The van der Waals surface area contributed by atoms with Crippen molar-refractivity contribution in [3.63, 3.8) is 0 Å². The van der Waals surface area contributed by atoms with E-state index >= 15 is 0 Å². The minimum atomic E-state index is -3.91. The van der Waals surface area contributed by atoms with Gasteiger partial charge in [0.05, 0.1) is 0 Å². The van der Waals surface area contributed by atoms with Crippen molar-refractivity contribution in [2.45, 2.75) is 37.6 Å². The molecule has 0 saturated carbocycles. The number of nitrogens with one attached hydrogen (secondary N) is 2. The van der Waals surface area contributed by atoms with Crippen molar-refractivity contribution in [3.8, 4) is 0 Å². The molecule has 0 aliphatic heterocycles. The van der Waals surface area contributed by atoms with E-state index in [4.69, 9.17) is 11.6 Å². The average Bonchev–Trinajstić information content (AvgIpc) is 3.16. The molecule has 158 valence electrons. The third-order valence-corrected chi connectivity index (χ3v) is 7.40. The molecule has 0 spiro atoms. The van der Waals surface area contributed by atoms with Gasteiger partial charge in [-0.2, -0.15) is 0 Å². The third kappa shape index (κ3) is 5.23. The highest BCUT2D eigenvalue weighted by Crippen LogP contribution is 2.26. The maximum absolute atomic E-state index is 12.8. The highest BCUT2D eigenvalue weighted by Gasteiger charge is 2.25. The van der Waals surface area contributed by atoms with E-state index in [2.05, 4.69) is 20.2 Å². The predicted octanol–water partition coefficient (Wildman–Crippen LogP) is 4.49. The van der Waals surface area contributed by atoms with Gasteiger partial charge in [-0.05, 0) is 55.7 Å². The summed E-state index contributed by atoms with van der Waals surface area (Å²) in [5.41, 5.74) is 3.40. The van der Waals surface area contributed by atoms with Crippen molar-refractivity contribution >= 4 is 44.0 Å². The minimum absolute atomic E-state index is 0.0925. The second kappa shape index (κ2) is 9.22. The summed E-state index contributed by atoms with van der Waals surface area (Å²) in [6.45, 7) is 5.85. The summed E-state index contributed by atoms with van der Waals surface area (Å²) >= 11 is 6.61. The quantitative estimate of drug-likeness (QED) is 0.501. The number of nitrogens with zero attached hydrogens (tertiary/aromatic N) is 2. The first-order chi connectivity index (χ1) is 14.2.